The molecule has 0 atom stereocenters. The lowest BCUT2D eigenvalue weighted by Crippen LogP contribution is -2.00. The molecule has 0 aliphatic heterocycles. The van der Waals surface area contributed by atoms with E-state index in [-0.39, 0.29) is 6.35 Å². The van der Waals surface area contributed by atoms with Crippen molar-refractivity contribution in [3.63, 3.8) is 0 Å². The maximum absolute atomic E-state index is 8.92. The molecule has 3 nitrogen and oxygen atoms in total. The Hall–Kier alpha value is -1.41. The minimum atomic E-state index is -2.02. The van der Waals surface area contributed by atoms with E-state index in [9.17, 15) is 0 Å². The molecule has 4 heteroatoms. The Morgan fingerprint density at radius 2 is 1.67 bits per heavy atom. The van der Waals surface area contributed by atoms with Crippen molar-refractivity contribution in [1.82, 2.24) is 0 Å². The average molecular weight is 304 g/mol. The van der Waals surface area contributed by atoms with Gasteiger partial charge in [0.05, 0.1) is 0 Å². The van der Waals surface area contributed by atoms with Crippen LogP contribution >= 0.6 is 8.38 Å². The average Bonchev–Trinajstić information content (AvgIpc) is 2.40. The second-order valence-electron chi connectivity index (χ2n) is 5.35. The van der Waals surface area contributed by atoms with E-state index in [2.05, 4.69) is 45.0 Å². The predicted molar refractivity (Wildman–Crippen MR) is 86.8 cm³/mol. The van der Waals surface area contributed by atoms with Crippen LogP contribution in [0.1, 0.15) is 27.8 Å². The van der Waals surface area contributed by atoms with Crippen molar-refractivity contribution in [3.05, 3.63) is 64.2 Å². The fourth-order valence-corrected chi connectivity index (χ4v) is 2.74. The molecule has 0 saturated carbocycles. The second kappa shape index (κ2) is 7.04. The first kappa shape index (κ1) is 16.0. The second-order valence-corrected chi connectivity index (χ2v) is 6.35. The Morgan fingerprint density at radius 1 is 1.00 bits per heavy atom. The third-order valence-electron chi connectivity index (χ3n) is 3.48. The molecule has 0 radical (unpaired) electrons. The summed E-state index contributed by atoms with van der Waals surface area (Å²) in [4.78, 5) is 17.8. The summed E-state index contributed by atoms with van der Waals surface area (Å²) in [6, 6.07) is 12.4. The lowest BCUT2D eigenvalue weighted by atomic mass is 9.95. The highest BCUT2D eigenvalue weighted by molar-refractivity contribution is 7.44. The maximum Gasteiger partial charge on any atom is 0.205 e. The molecule has 0 heterocycles. The molecule has 0 unspecified atom stereocenters. The molecular formula is C17H21O3P. The first-order valence-corrected chi connectivity index (χ1v) is 8.32. The molecule has 2 aromatic carbocycles. The monoisotopic (exact) mass is 304 g/mol. The topological polar surface area (TPSA) is 49.7 Å². The fourth-order valence-electron chi connectivity index (χ4n) is 2.47. The fraction of sp³-hybridized carbons (Fsp3) is 0.294. The Bertz CT molecular complexity index is 600. The van der Waals surface area contributed by atoms with Gasteiger partial charge >= 0.3 is 0 Å². The molecule has 0 aromatic heterocycles. The quantitative estimate of drug-likeness (QED) is 0.825. The van der Waals surface area contributed by atoms with Crippen LogP contribution in [-0.2, 0) is 6.42 Å². The van der Waals surface area contributed by atoms with Gasteiger partial charge < -0.3 is 14.5 Å². The first-order valence-electron chi connectivity index (χ1n) is 6.89. The summed E-state index contributed by atoms with van der Waals surface area (Å²) in [6.45, 7) is 6.22. The number of hydrogen-bond donors (Lipinski definition) is 2. The van der Waals surface area contributed by atoms with Gasteiger partial charge in [-0.15, -0.1) is 0 Å². The van der Waals surface area contributed by atoms with Gasteiger partial charge in [-0.2, -0.15) is 0 Å². The van der Waals surface area contributed by atoms with E-state index in [0.717, 1.165) is 17.5 Å². The van der Waals surface area contributed by atoms with Gasteiger partial charge in [0.25, 0.3) is 0 Å². The largest absolute Gasteiger partial charge is 0.484 e. The predicted octanol–water partition coefficient (Wildman–Crippen LogP) is 3.84. The molecule has 2 rings (SSSR count). The third kappa shape index (κ3) is 4.53. The normalized spacial score (nSPS) is 11.0. The van der Waals surface area contributed by atoms with Crippen LogP contribution in [0.25, 0.3) is 0 Å². The lowest BCUT2D eigenvalue weighted by Gasteiger charge is -2.14. The number of rotatable bonds is 5. The van der Waals surface area contributed by atoms with Crippen molar-refractivity contribution in [2.75, 3.05) is 6.35 Å². The zero-order chi connectivity index (χ0) is 15.4. The highest BCUT2D eigenvalue weighted by Crippen LogP contribution is 2.28. The smallest absolute Gasteiger partial charge is 0.205 e. The molecule has 0 aliphatic carbocycles. The molecule has 21 heavy (non-hydrogen) atoms. The van der Waals surface area contributed by atoms with E-state index in [1.807, 2.05) is 12.1 Å². The first-order chi connectivity index (χ1) is 9.95. The van der Waals surface area contributed by atoms with E-state index in [1.165, 1.54) is 16.7 Å². The van der Waals surface area contributed by atoms with Crippen molar-refractivity contribution in [2.24, 2.45) is 0 Å². The summed E-state index contributed by atoms with van der Waals surface area (Å²) < 4.78 is 5.38. The highest BCUT2D eigenvalue weighted by Gasteiger charge is 2.08. The van der Waals surface area contributed by atoms with Gasteiger partial charge in [0, 0.05) is 0 Å². The maximum atomic E-state index is 8.92. The van der Waals surface area contributed by atoms with Crippen molar-refractivity contribution < 1.29 is 14.5 Å². The molecule has 2 aromatic rings. The van der Waals surface area contributed by atoms with Gasteiger partial charge in [-0.1, -0.05) is 29.8 Å². The molecule has 0 saturated heterocycles. The van der Waals surface area contributed by atoms with Gasteiger partial charge in [0.1, 0.15) is 5.75 Å². The molecule has 0 bridgehead atoms. The number of aryl methyl sites for hydroxylation is 3. The summed E-state index contributed by atoms with van der Waals surface area (Å²) in [7, 11) is -2.02. The number of benzene rings is 2. The molecule has 0 fully saturated rings. The van der Waals surface area contributed by atoms with Crippen LogP contribution in [0.5, 0.6) is 5.75 Å². The van der Waals surface area contributed by atoms with Crippen LogP contribution in [0, 0.1) is 20.8 Å². The van der Waals surface area contributed by atoms with Crippen molar-refractivity contribution in [2.45, 2.75) is 27.2 Å². The van der Waals surface area contributed by atoms with Gasteiger partial charge in [0.15, 0.2) is 6.35 Å². The van der Waals surface area contributed by atoms with E-state index in [4.69, 9.17) is 14.5 Å². The van der Waals surface area contributed by atoms with Crippen LogP contribution in [0.3, 0.4) is 0 Å². The standard InChI is InChI=1S/C17H21O3P/c1-12-5-4-6-15(7-12)10-17-13(2)8-16(9-14(17)3)20-11-21(18)19/h4-9,18-19H,10-11H2,1-3H3. The molecule has 0 spiro atoms. The number of hydrogen-bond acceptors (Lipinski definition) is 3. The van der Waals surface area contributed by atoms with E-state index < -0.39 is 8.38 Å². The SMILES string of the molecule is Cc1cccc(Cc2c(C)cc(OCP(O)O)cc2C)c1. The zero-order valence-corrected chi connectivity index (χ0v) is 13.5. The van der Waals surface area contributed by atoms with Crippen LogP contribution in [0.4, 0.5) is 0 Å². The van der Waals surface area contributed by atoms with Crippen LogP contribution < -0.4 is 4.74 Å². The van der Waals surface area contributed by atoms with E-state index >= 15 is 0 Å². The van der Waals surface area contributed by atoms with Crippen molar-refractivity contribution in [3.8, 4) is 5.75 Å². The van der Waals surface area contributed by atoms with E-state index in [0.29, 0.717) is 5.75 Å². The summed E-state index contributed by atoms with van der Waals surface area (Å²) in [5.41, 5.74) is 6.17. The Balaban J connectivity index is 2.21. The molecule has 0 aliphatic rings. The zero-order valence-electron chi connectivity index (χ0n) is 12.6. The minimum Gasteiger partial charge on any atom is -0.484 e. The van der Waals surface area contributed by atoms with E-state index in [1.54, 1.807) is 0 Å². The minimum absolute atomic E-state index is 0.0502. The molecular weight excluding hydrogens is 283 g/mol. The highest BCUT2D eigenvalue weighted by atomic mass is 31.2. The molecule has 112 valence electrons. The lowest BCUT2D eigenvalue weighted by molar-refractivity contribution is 0.347. The molecule has 2 N–H and O–H groups in total. The summed E-state index contributed by atoms with van der Waals surface area (Å²) >= 11 is 0. The summed E-state index contributed by atoms with van der Waals surface area (Å²) in [5, 5.41) is 0. The third-order valence-corrected chi connectivity index (χ3v) is 3.84. The Morgan fingerprint density at radius 3 is 2.24 bits per heavy atom. The van der Waals surface area contributed by atoms with Crippen LogP contribution in [0.2, 0.25) is 0 Å². The summed E-state index contributed by atoms with van der Waals surface area (Å²) in [6.07, 6.45) is 0.845. The van der Waals surface area contributed by atoms with Gasteiger partial charge in [-0.3, -0.25) is 0 Å². The van der Waals surface area contributed by atoms with Gasteiger partial charge in [0.2, 0.25) is 8.38 Å². The van der Waals surface area contributed by atoms with Gasteiger partial charge in [-0.25, -0.2) is 0 Å². The van der Waals surface area contributed by atoms with Crippen LogP contribution in [-0.4, -0.2) is 16.1 Å². The number of ether oxygens (including phenoxy) is 1. The van der Waals surface area contributed by atoms with Gasteiger partial charge in [-0.05, 0) is 61.6 Å². The molecule has 0 amide bonds. The van der Waals surface area contributed by atoms with Crippen molar-refractivity contribution >= 4 is 8.38 Å². The van der Waals surface area contributed by atoms with Crippen molar-refractivity contribution in [1.29, 1.82) is 0 Å². The Kier molecular flexibility index (Phi) is 5.35. The van der Waals surface area contributed by atoms with Crippen LogP contribution in [0.15, 0.2) is 36.4 Å². The summed E-state index contributed by atoms with van der Waals surface area (Å²) in [5.74, 6) is 0.689. The Labute approximate surface area is 127 Å².